The van der Waals surface area contributed by atoms with E-state index in [1.165, 1.54) is 11.3 Å². The number of aliphatic carboxylic acids is 1. The van der Waals surface area contributed by atoms with E-state index in [9.17, 15) is 18.0 Å². The first-order valence-corrected chi connectivity index (χ1v) is 9.24. The molecule has 1 aromatic heterocycles. The summed E-state index contributed by atoms with van der Waals surface area (Å²) in [4.78, 5) is 23.3. The fourth-order valence-corrected chi connectivity index (χ4v) is 3.49. The summed E-state index contributed by atoms with van der Waals surface area (Å²) in [5, 5.41) is 11.3. The van der Waals surface area contributed by atoms with E-state index in [1.54, 1.807) is 6.07 Å². The summed E-state index contributed by atoms with van der Waals surface area (Å²) < 4.78 is 22.9. The smallest absolute Gasteiger partial charge is 0.326 e. The van der Waals surface area contributed by atoms with E-state index < -0.39 is 27.8 Å². The number of nitrogens with one attached hydrogen (secondary N) is 1. The monoisotopic (exact) mass is 383 g/mol. The topological polar surface area (TPSA) is 101 Å². The molecule has 6 nitrogen and oxygen atoms in total. The van der Waals surface area contributed by atoms with Gasteiger partial charge in [-0.3, -0.25) is 4.79 Å². The average molecular weight is 384 g/mol. The number of thiophene rings is 1. The maximum Gasteiger partial charge on any atom is 0.326 e. The van der Waals surface area contributed by atoms with Crippen LogP contribution in [-0.4, -0.2) is 43.5 Å². The predicted octanol–water partition coefficient (Wildman–Crippen LogP) is 1.44. The zero-order chi connectivity index (χ0) is 15.5. The van der Waals surface area contributed by atoms with E-state index in [2.05, 4.69) is 21.2 Å². The molecule has 0 aliphatic heterocycles. The third-order valence-corrected chi connectivity index (χ3v) is 5.57. The molecule has 1 rings (SSSR count). The van der Waals surface area contributed by atoms with Crippen LogP contribution in [0.5, 0.6) is 0 Å². The lowest BCUT2D eigenvalue weighted by Gasteiger charge is -2.13. The van der Waals surface area contributed by atoms with Gasteiger partial charge >= 0.3 is 5.97 Å². The van der Waals surface area contributed by atoms with Crippen LogP contribution in [0.4, 0.5) is 0 Å². The van der Waals surface area contributed by atoms with Gasteiger partial charge in [0.05, 0.1) is 14.4 Å². The van der Waals surface area contributed by atoms with E-state index in [0.29, 0.717) is 4.88 Å². The Hall–Kier alpha value is -0.930. The van der Waals surface area contributed by atoms with Gasteiger partial charge in [0.15, 0.2) is 0 Å². The summed E-state index contributed by atoms with van der Waals surface area (Å²) in [5.74, 6) is -2.07. The van der Waals surface area contributed by atoms with Crippen molar-refractivity contribution in [3.8, 4) is 0 Å². The summed E-state index contributed by atoms with van der Waals surface area (Å²) in [7, 11) is -3.28. The molecular weight excluding hydrogens is 370 g/mol. The van der Waals surface area contributed by atoms with Crippen LogP contribution >= 0.6 is 27.3 Å². The van der Waals surface area contributed by atoms with Crippen LogP contribution in [-0.2, 0) is 14.6 Å². The minimum absolute atomic E-state index is 0.161. The molecule has 0 bridgehead atoms. The van der Waals surface area contributed by atoms with Crippen LogP contribution in [0, 0.1) is 6.92 Å². The second-order valence-corrected chi connectivity index (χ2v) is 8.98. The van der Waals surface area contributed by atoms with Crippen molar-refractivity contribution in [3.63, 3.8) is 0 Å². The van der Waals surface area contributed by atoms with Crippen molar-refractivity contribution in [3.05, 3.63) is 20.3 Å². The van der Waals surface area contributed by atoms with Crippen molar-refractivity contribution in [2.24, 2.45) is 0 Å². The lowest BCUT2D eigenvalue weighted by Crippen LogP contribution is -2.41. The molecule has 1 amide bonds. The van der Waals surface area contributed by atoms with Crippen LogP contribution in [0.2, 0.25) is 0 Å². The molecule has 0 radical (unpaired) electrons. The second kappa shape index (κ2) is 6.68. The molecular formula is C11H14BrNO5S2. The quantitative estimate of drug-likeness (QED) is 0.773. The number of amides is 1. The summed E-state index contributed by atoms with van der Waals surface area (Å²) in [5.41, 5.74) is 0.878. The summed E-state index contributed by atoms with van der Waals surface area (Å²) in [6, 6.07) is 0.415. The van der Waals surface area contributed by atoms with Gasteiger partial charge in [0.1, 0.15) is 15.9 Å². The fourth-order valence-electron chi connectivity index (χ4n) is 1.39. The molecule has 0 spiro atoms. The first-order chi connectivity index (χ1) is 9.10. The second-order valence-electron chi connectivity index (χ2n) is 4.35. The fraction of sp³-hybridized carbons (Fsp3) is 0.455. The Morgan fingerprint density at radius 2 is 2.10 bits per heavy atom. The Balaban J connectivity index is 2.75. The molecule has 20 heavy (non-hydrogen) atoms. The molecule has 2 N–H and O–H groups in total. The maximum atomic E-state index is 11.9. The average Bonchev–Trinajstić information content (AvgIpc) is 2.63. The molecule has 1 unspecified atom stereocenters. The summed E-state index contributed by atoms with van der Waals surface area (Å²) in [6.45, 7) is 1.82. The lowest BCUT2D eigenvalue weighted by molar-refractivity contribution is -0.139. The molecule has 0 aliphatic carbocycles. The molecule has 0 saturated carbocycles. The molecule has 112 valence electrons. The molecule has 0 aliphatic rings. The van der Waals surface area contributed by atoms with Crippen molar-refractivity contribution >= 4 is 49.0 Å². The normalized spacial score (nSPS) is 12.9. The van der Waals surface area contributed by atoms with Gasteiger partial charge < -0.3 is 10.4 Å². The van der Waals surface area contributed by atoms with Gasteiger partial charge in [-0.25, -0.2) is 13.2 Å². The first kappa shape index (κ1) is 17.1. The zero-order valence-electron chi connectivity index (χ0n) is 10.8. The predicted molar refractivity (Wildman–Crippen MR) is 80.0 cm³/mol. The molecule has 0 aromatic carbocycles. The van der Waals surface area contributed by atoms with Crippen molar-refractivity contribution < 1.29 is 23.1 Å². The Morgan fingerprint density at radius 3 is 2.50 bits per heavy atom. The van der Waals surface area contributed by atoms with Gasteiger partial charge in [0.25, 0.3) is 5.91 Å². The molecule has 0 saturated heterocycles. The van der Waals surface area contributed by atoms with Crippen LogP contribution in [0.3, 0.4) is 0 Å². The van der Waals surface area contributed by atoms with Crippen molar-refractivity contribution in [2.75, 3.05) is 12.0 Å². The Morgan fingerprint density at radius 1 is 1.50 bits per heavy atom. The standard InChI is InChI=1S/C11H14BrNO5S2/c1-6-5-8(19-9(6)12)10(14)13-7(11(15)16)3-4-20(2,17)18/h5,7H,3-4H2,1-2H3,(H,13,14)(H,15,16). The van der Waals surface area contributed by atoms with Gasteiger partial charge in [0.2, 0.25) is 0 Å². The highest BCUT2D eigenvalue weighted by Crippen LogP contribution is 2.27. The number of rotatable bonds is 6. The van der Waals surface area contributed by atoms with Crippen LogP contribution in [0.15, 0.2) is 9.85 Å². The highest BCUT2D eigenvalue weighted by molar-refractivity contribution is 9.11. The number of carbonyl (C=O) groups is 2. The first-order valence-electron chi connectivity index (χ1n) is 5.57. The minimum Gasteiger partial charge on any atom is -0.480 e. The van der Waals surface area contributed by atoms with E-state index in [-0.39, 0.29) is 12.2 Å². The SMILES string of the molecule is Cc1cc(C(=O)NC(CCS(C)(=O)=O)C(=O)O)sc1Br. The minimum atomic E-state index is -3.28. The molecule has 1 heterocycles. The number of carbonyl (C=O) groups excluding carboxylic acids is 1. The Bertz CT molecular complexity index is 603. The Labute approximate surface area is 129 Å². The summed E-state index contributed by atoms with van der Waals surface area (Å²) >= 11 is 4.47. The van der Waals surface area contributed by atoms with Crippen molar-refractivity contribution in [1.82, 2.24) is 5.32 Å². The van der Waals surface area contributed by atoms with E-state index >= 15 is 0 Å². The lowest BCUT2D eigenvalue weighted by atomic mass is 10.2. The van der Waals surface area contributed by atoms with E-state index in [0.717, 1.165) is 15.6 Å². The highest BCUT2D eigenvalue weighted by atomic mass is 79.9. The summed E-state index contributed by atoms with van der Waals surface area (Å²) in [6.07, 6.45) is 0.860. The maximum absolute atomic E-state index is 11.9. The van der Waals surface area contributed by atoms with Crippen molar-refractivity contribution in [2.45, 2.75) is 19.4 Å². The largest absolute Gasteiger partial charge is 0.480 e. The van der Waals surface area contributed by atoms with E-state index in [1.807, 2.05) is 6.92 Å². The molecule has 1 aromatic rings. The van der Waals surface area contributed by atoms with Crippen LogP contribution in [0.1, 0.15) is 21.7 Å². The highest BCUT2D eigenvalue weighted by Gasteiger charge is 2.23. The van der Waals surface area contributed by atoms with Gasteiger partial charge in [-0.15, -0.1) is 11.3 Å². The molecule has 9 heteroatoms. The number of hydrogen-bond acceptors (Lipinski definition) is 5. The van der Waals surface area contributed by atoms with Gasteiger partial charge in [-0.1, -0.05) is 0 Å². The third kappa shape index (κ3) is 5.22. The number of sulfone groups is 1. The Kier molecular flexibility index (Phi) is 5.72. The number of hydrogen-bond donors (Lipinski definition) is 2. The van der Waals surface area contributed by atoms with Gasteiger partial charge in [0, 0.05) is 6.26 Å². The van der Waals surface area contributed by atoms with Crippen LogP contribution in [0.25, 0.3) is 0 Å². The van der Waals surface area contributed by atoms with Crippen LogP contribution < -0.4 is 5.32 Å². The zero-order valence-corrected chi connectivity index (χ0v) is 14.1. The van der Waals surface area contributed by atoms with E-state index in [4.69, 9.17) is 5.11 Å². The molecule has 1 atom stereocenters. The number of halogens is 1. The van der Waals surface area contributed by atoms with Crippen molar-refractivity contribution in [1.29, 1.82) is 0 Å². The van der Waals surface area contributed by atoms with Gasteiger partial charge in [-0.2, -0.15) is 0 Å². The third-order valence-electron chi connectivity index (χ3n) is 2.46. The number of carboxylic acids is 1. The number of aryl methyl sites for hydroxylation is 1. The van der Waals surface area contributed by atoms with Gasteiger partial charge in [-0.05, 0) is 40.9 Å². The number of carboxylic acid groups (broad SMARTS) is 1. The molecule has 0 fully saturated rings.